The second-order valence-corrected chi connectivity index (χ2v) is 10.2. The van der Waals surface area contributed by atoms with Gasteiger partial charge in [-0.15, -0.1) is 0 Å². The maximum Gasteiger partial charge on any atom is 0.263 e. The van der Waals surface area contributed by atoms with Crippen molar-refractivity contribution in [2.45, 2.75) is 4.90 Å². The molecule has 0 aliphatic carbocycles. The zero-order valence-corrected chi connectivity index (χ0v) is 22.0. The van der Waals surface area contributed by atoms with E-state index in [2.05, 4.69) is 19.7 Å². The van der Waals surface area contributed by atoms with E-state index in [1.54, 1.807) is 0 Å². The molecule has 0 aliphatic rings. The number of sulfonamides is 1. The standard InChI is InChI=1S/C26H19ClFN5O5S/c1-37-23-11-18(16-10-19(27)26(38-2)31-13-16)20(28)12-22(23)33-21-5-4-17(9-15(21)3-6-25(33)34)39(35,36)32-24-14-29-7-8-30-24/h3-14H,1-2H3,(H,30,32). The number of anilines is 1. The van der Waals surface area contributed by atoms with Gasteiger partial charge in [-0.05, 0) is 36.4 Å². The van der Waals surface area contributed by atoms with E-state index in [-0.39, 0.29) is 38.6 Å². The van der Waals surface area contributed by atoms with Gasteiger partial charge in [0.1, 0.15) is 16.6 Å². The molecule has 3 heterocycles. The molecule has 0 fully saturated rings. The third kappa shape index (κ3) is 4.99. The summed E-state index contributed by atoms with van der Waals surface area (Å²) in [7, 11) is -1.20. The van der Waals surface area contributed by atoms with E-state index in [0.717, 1.165) is 6.07 Å². The average Bonchev–Trinajstić information content (AvgIpc) is 2.93. The monoisotopic (exact) mass is 567 g/mol. The molecule has 0 bridgehead atoms. The molecule has 2 aromatic carbocycles. The molecule has 0 radical (unpaired) electrons. The largest absolute Gasteiger partial charge is 0.495 e. The van der Waals surface area contributed by atoms with Gasteiger partial charge < -0.3 is 9.47 Å². The molecular formula is C26H19ClFN5O5S. The fourth-order valence-electron chi connectivity index (χ4n) is 4.01. The molecule has 198 valence electrons. The predicted octanol–water partition coefficient (Wildman–Crippen LogP) is 4.45. The number of hydrogen-bond donors (Lipinski definition) is 1. The van der Waals surface area contributed by atoms with Crippen LogP contribution in [0.15, 0.2) is 83.0 Å². The van der Waals surface area contributed by atoms with Crippen LogP contribution in [0.5, 0.6) is 11.6 Å². The zero-order valence-electron chi connectivity index (χ0n) is 20.4. The third-order valence-corrected chi connectivity index (χ3v) is 7.42. The number of pyridine rings is 2. The first-order valence-corrected chi connectivity index (χ1v) is 13.1. The lowest BCUT2D eigenvalue weighted by Crippen LogP contribution is -2.19. The summed E-state index contributed by atoms with van der Waals surface area (Å²) in [6.45, 7) is 0. The van der Waals surface area contributed by atoms with Crippen molar-refractivity contribution >= 4 is 38.3 Å². The first kappa shape index (κ1) is 26.1. The second kappa shape index (κ2) is 10.3. The van der Waals surface area contributed by atoms with Gasteiger partial charge in [0.25, 0.3) is 15.6 Å². The van der Waals surface area contributed by atoms with Gasteiger partial charge in [-0.3, -0.25) is 19.1 Å². The quantitative estimate of drug-likeness (QED) is 0.306. The van der Waals surface area contributed by atoms with E-state index in [1.165, 1.54) is 86.0 Å². The van der Waals surface area contributed by atoms with Crippen LogP contribution >= 0.6 is 11.6 Å². The third-order valence-electron chi connectivity index (χ3n) is 5.80. The Balaban J connectivity index is 1.62. The summed E-state index contributed by atoms with van der Waals surface area (Å²) in [5.74, 6) is -0.227. The highest BCUT2D eigenvalue weighted by Crippen LogP contribution is 2.35. The van der Waals surface area contributed by atoms with Crippen molar-refractivity contribution in [3.8, 4) is 28.4 Å². The Bertz CT molecular complexity index is 1880. The highest BCUT2D eigenvalue weighted by atomic mass is 35.5. The minimum absolute atomic E-state index is 0.0521. The molecular weight excluding hydrogens is 549 g/mol. The number of nitrogens with one attached hydrogen (secondary N) is 1. The van der Waals surface area contributed by atoms with Crippen LogP contribution in [-0.2, 0) is 10.0 Å². The maximum atomic E-state index is 15.4. The lowest BCUT2D eigenvalue weighted by molar-refractivity contribution is 0.398. The topological polar surface area (TPSA) is 125 Å². The minimum Gasteiger partial charge on any atom is -0.495 e. The number of nitrogens with zero attached hydrogens (tertiary/aromatic N) is 4. The molecule has 39 heavy (non-hydrogen) atoms. The number of methoxy groups -OCH3 is 2. The van der Waals surface area contributed by atoms with Gasteiger partial charge >= 0.3 is 0 Å². The number of rotatable bonds is 7. The molecule has 0 unspecified atom stereocenters. The van der Waals surface area contributed by atoms with Gasteiger partial charge in [0.05, 0.1) is 36.5 Å². The average molecular weight is 568 g/mol. The molecule has 5 aromatic rings. The predicted molar refractivity (Wildman–Crippen MR) is 144 cm³/mol. The molecule has 1 N–H and O–H groups in total. The smallest absolute Gasteiger partial charge is 0.263 e. The Morgan fingerprint density at radius 1 is 0.974 bits per heavy atom. The van der Waals surface area contributed by atoms with Gasteiger partial charge in [0.15, 0.2) is 5.82 Å². The van der Waals surface area contributed by atoms with Crippen LogP contribution < -0.4 is 19.8 Å². The van der Waals surface area contributed by atoms with E-state index < -0.39 is 21.4 Å². The molecule has 0 saturated carbocycles. The Morgan fingerprint density at radius 2 is 1.79 bits per heavy atom. The van der Waals surface area contributed by atoms with Crippen molar-refractivity contribution in [2.75, 3.05) is 18.9 Å². The Kier molecular flexibility index (Phi) is 6.89. The Hall–Kier alpha value is -4.55. The molecule has 3 aromatic heterocycles. The summed E-state index contributed by atoms with van der Waals surface area (Å²) >= 11 is 6.17. The van der Waals surface area contributed by atoms with Crippen LogP contribution in [0, 0.1) is 5.82 Å². The number of aromatic nitrogens is 4. The maximum absolute atomic E-state index is 15.4. The van der Waals surface area contributed by atoms with Crippen LogP contribution in [0.4, 0.5) is 10.2 Å². The van der Waals surface area contributed by atoms with Crippen LogP contribution in [0.1, 0.15) is 0 Å². The van der Waals surface area contributed by atoms with Crippen molar-refractivity contribution in [2.24, 2.45) is 0 Å². The molecule has 0 amide bonds. The van der Waals surface area contributed by atoms with Crippen molar-refractivity contribution < 1.29 is 22.3 Å². The zero-order chi connectivity index (χ0) is 27.7. The van der Waals surface area contributed by atoms with Crippen LogP contribution in [0.25, 0.3) is 27.7 Å². The molecule has 0 aliphatic heterocycles. The van der Waals surface area contributed by atoms with Gasteiger partial charge in [0.2, 0.25) is 5.88 Å². The molecule has 13 heteroatoms. The summed E-state index contributed by atoms with van der Waals surface area (Å²) < 4.78 is 55.4. The minimum atomic E-state index is -4.01. The number of benzene rings is 2. The fourth-order valence-corrected chi connectivity index (χ4v) is 5.28. The molecule has 0 spiro atoms. The number of halogens is 2. The van der Waals surface area contributed by atoms with E-state index in [1.807, 2.05) is 0 Å². The van der Waals surface area contributed by atoms with Crippen molar-refractivity contribution in [3.63, 3.8) is 0 Å². The van der Waals surface area contributed by atoms with E-state index in [0.29, 0.717) is 16.5 Å². The highest BCUT2D eigenvalue weighted by Gasteiger charge is 2.20. The Labute approximate surface area is 226 Å². The summed E-state index contributed by atoms with van der Waals surface area (Å²) in [5.41, 5.74) is 0.495. The number of fused-ring (bicyclic) bond motifs is 1. The Morgan fingerprint density at radius 3 is 2.49 bits per heavy atom. The van der Waals surface area contributed by atoms with Crippen molar-refractivity contribution in [1.29, 1.82) is 0 Å². The molecule has 0 saturated heterocycles. The van der Waals surface area contributed by atoms with Gasteiger partial charge in [-0.25, -0.2) is 22.8 Å². The first-order valence-electron chi connectivity index (χ1n) is 11.2. The fraction of sp³-hybridized carbons (Fsp3) is 0.0769. The summed E-state index contributed by atoms with van der Waals surface area (Å²) in [5, 5.41) is 0.608. The summed E-state index contributed by atoms with van der Waals surface area (Å²) in [6, 6.07) is 11.0. The second-order valence-electron chi connectivity index (χ2n) is 8.14. The normalized spacial score (nSPS) is 11.4. The van der Waals surface area contributed by atoms with Crippen LogP contribution in [0.2, 0.25) is 5.02 Å². The van der Waals surface area contributed by atoms with Crippen LogP contribution in [0.3, 0.4) is 0 Å². The van der Waals surface area contributed by atoms with Gasteiger partial charge in [-0.2, -0.15) is 0 Å². The SMILES string of the molecule is COc1cc(-c2cnc(OC)c(Cl)c2)c(F)cc1-n1c(=O)ccc2cc(S(=O)(=O)Nc3cnccn3)ccc21. The highest BCUT2D eigenvalue weighted by molar-refractivity contribution is 7.92. The lowest BCUT2D eigenvalue weighted by Gasteiger charge is -2.17. The van der Waals surface area contributed by atoms with Gasteiger partial charge in [0, 0.05) is 47.2 Å². The number of hydrogen-bond acceptors (Lipinski definition) is 8. The van der Waals surface area contributed by atoms with Crippen LogP contribution in [-0.4, -0.2) is 42.2 Å². The van der Waals surface area contributed by atoms with E-state index in [4.69, 9.17) is 21.1 Å². The number of ether oxygens (including phenoxy) is 2. The summed E-state index contributed by atoms with van der Waals surface area (Å²) in [4.78, 5) is 24.8. The van der Waals surface area contributed by atoms with E-state index in [9.17, 15) is 13.2 Å². The first-order chi connectivity index (χ1) is 18.7. The van der Waals surface area contributed by atoms with Crippen molar-refractivity contribution in [1.82, 2.24) is 19.5 Å². The molecule has 0 atom stereocenters. The van der Waals surface area contributed by atoms with E-state index >= 15 is 4.39 Å². The van der Waals surface area contributed by atoms with Crippen molar-refractivity contribution in [3.05, 3.63) is 94.5 Å². The molecule has 5 rings (SSSR count). The summed E-state index contributed by atoms with van der Waals surface area (Å²) in [6.07, 6.45) is 5.45. The molecule has 10 nitrogen and oxygen atoms in total. The van der Waals surface area contributed by atoms with Gasteiger partial charge in [-0.1, -0.05) is 11.6 Å². The lowest BCUT2D eigenvalue weighted by atomic mass is 10.1.